The quantitative estimate of drug-likeness (QED) is 0.247. The number of rotatable bonds is 12. The molecule has 11 heteroatoms. The van der Waals surface area contributed by atoms with Crippen molar-refractivity contribution in [2.45, 2.75) is 77.0 Å². The minimum absolute atomic E-state index is 0.0356. The van der Waals surface area contributed by atoms with Crippen LogP contribution in [0.4, 0.5) is 5.69 Å². The predicted octanol–water partition coefficient (Wildman–Crippen LogP) is 5.04. The van der Waals surface area contributed by atoms with Crippen molar-refractivity contribution in [1.29, 1.82) is 0 Å². The molecule has 252 valence electrons. The van der Waals surface area contributed by atoms with Crippen molar-refractivity contribution < 1.29 is 29.1 Å². The van der Waals surface area contributed by atoms with Gasteiger partial charge in [-0.15, -0.1) is 0 Å². The minimum Gasteiger partial charge on any atom is -0.480 e. The first-order chi connectivity index (χ1) is 23.0. The van der Waals surface area contributed by atoms with Crippen molar-refractivity contribution in [3.05, 3.63) is 101 Å². The van der Waals surface area contributed by atoms with Gasteiger partial charge in [-0.2, -0.15) is 0 Å². The molecular weight excluding hydrogens is 632 g/mol. The highest BCUT2D eigenvalue weighted by Crippen LogP contribution is 2.42. The van der Waals surface area contributed by atoms with Crippen LogP contribution >= 0.6 is 11.6 Å². The second-order valence-electron chi connectivity index (χ2n) is 12.7. The molecule has 1 heterocycles. The molecule has 0 aromatic heterocycles. The Balaban J connectivity index is 1.39. The summed E-state index contributed by atoms with van der Waals surface area (Å²) in [5.74, 6) is -2.12. The normalized spacial score (nSPS) is 19.2. The second-order valence-corrected chi connectivity index (χ2v) is 13.2. The molecule has 0 radical (unpaired) electrons. The maximum atomic E-state index is 14.2. The van der Waals surface area contributed by atoms with Crippen LogP contribution in [0.2, 0.25) is 5.02 Å². The van der Waals surface area contributed by atoms with Crippen molar-refractivity contribution in [1.82, 2.24) is 15.5 Å². The molecule has 2 fully saturated rings. The predicted molar refractivity (Wildman–Crippen MR) is 182 cm³/mol. The Hall–Kier alpha value is -4.70. The van der Waals surface area contributed by atoms with E-state index in [-0.39, 0.29) is 30.0 Å². The third-order valence-corrected chi connectivity index (χ3v) is 9.70. The smallest absolute Gasteiger partial charge is 0.326 e. The van der Waals surface area contributed by atoms with E-state index in [4.69, 9.17) is 11.6 Å². The average molecular weight is 673 g/mol. The molecule has 0 bridgehead atoms. The zero-order valence-electron chi connectivity index (χ0n) is 27.2. The molecule has 1 saturated heterocycles. The van der Waals surface area contributed by atoms with Crippen molar-refractivity contribution >= 4 is 46.9 Å². The summed E-state index contributed by atoms with van der Waals surface area (Å²) < 4.78 is 0. The molecule has 1 saturated carbocycles. The lowest BCUT2D eigenvalue weighted by molar-refractivity contribution is -0.144. The number of halogens is 1. The van der Waals surface area contributed by atoms with Crippen LogP contribution in [-0.4, -0.2) is 58.2 Å². The molecule has 0 spiro atoms. The number of hydrogen-bond donors (Lipinski definition) is 3. The van der Waals surface area contributed by atoms with Crippen molar-refractivity contribution in [3.63, 3.8) is 0 Å². The topological polar surface area (TPSA) is 136 Å². The Morgan fingerprint density at radius 3 is 2.15 bits per heavy atom. The van der Waals surface area contributed by atoms with Gasteiger partial charge in [0.05, 0.1) is 5.41 Å². The van der Waals surface area contributed by atoms with E-state index >= 15 is 0 Å². The number of carboxylic acid groups (broad SMARTS) is 1. The fraction of sp³-hybridized carbons (Fsp3) is 0.378. The van der Waals surface area contributed by atoms with E-state index in [2.05, 4.69) is 10.6 Å². The van der Waals surface area contributed by atoms with Gasteiger partial charge < -0.3 is 20.6 Å². The van der Waals surface area contributed by atoms with Crippen LogP contribution in [0, 0.1) is 5.41 Å². The largest absolute Gasteiger partial charge is 0.480 e. The molecule has 10 nitrogen and oxygen atoms in total. The highest BCUT2D eigenvalue weighted by molar-refractivity contribution is 6.30. The summed E-state index contributed by atoms with van der Waals surface area (Å²) in [7, 11) is 0. The van der Waals surface area contributed by atoms with Crippen molar-refractivity contribution in [3.8, 4) is 0 Å². The Bertz CT molecular complexity index is 1640. The summed E-state index contributed by atoms with van der Waals surface area (Å²) in [5.41, 5.74) is 2.13. The summed E-state index contributed by atoms with van der Waals surface area (Å²) in [4.78, 5) is 67.7. The maximum Gasteiger partial charge on any atom is 0.326 e. The number of anilines is 1. The van der Waals surface area contributed by atoms with Gasteiger partial charge in [-0.3, -0.25) is 24.1 Å². The summed E-state index contributed by atoms with van der Waals surface area (Å²) in [6, 6.07) is 21.7. The molecule has 3 atom stereocenters. The van der Waals surface area contributed by atoms with Gasteiger partial charge in [-0.1, -0.05) is 79.0 Å². The summed E-state index contributed by atoms with van der Waals surface area (Å²) in [6.45, 7) is 3.23. The SMILES string of the molecule is CC(=O)NCCC1(C(=O)NC(Cc2ccc(N3C(=O)[C@@H](Cc4ccccc4)N(C(C)=O)C3c3ccc(Cl)cc3)cc2)C(=O)O)CCCC1. The highest BCUT2D eigenvalue weighted by atomic mass is 35.5. The molecule has 48 heavy (non-hydrogen) atoms. The Labute approximate surface area is 285 Å². The average Bonchev–Trinajstić information content (AvgIpc) is 3.65. The number of carbonyl (C=O) groups excluding carboxylic acids is 4. The Morgan fingerprint density at radius 2 is 1.56 bits per heavy atom. The van der Waals surface area contributed by atoms with Crippen LogP contribution in [0.25, 0.3) is 0 Å². The molecule has 1 aliphatic carbocycles. The van der Waals surface area contributed by atoms with Gasteiger partial charge in [0.25, 0.3) is 5.91 Å². The first-order valence-electron chi connectivity index (χ1n) is 16.3. The van der Waals surface area contributed by atoms with E-state index in [1.807, 2.05) is 30.3 Å². The van der Waals surface area contributed by atoms with Gasteiger partial charge in [0, 0.05) is 43.9 Å². The Morgan fingerprint density at radius 1 is 0.917 bits per heavy atom. The number of aliphatic carboxylic acids is 1. The van der Waals surface area contributed by atoms with Crippen molar-refractivity contribution in [2.24, 2.45) is 5.41 Å². The first-order valence-corrected chi connectivity index (χ1v) is 16.7. The van der Waals surface area contributed by atoms with Gasteiger partial charge in [0.15, 0.2) is 0 Å². The molecule has 3 aromatic rings. The zero-order valence-corrected chi connectivity index (χ0v) is 27.9. The zero-order chi connectivity index (χ0) is 34.4. The molecule has 3 N–H and O–H groups in total. The minimum atomic E-state index is -1.17. The van der Waals surface area contributed by atoms with Gasteiger partial charge >= 0.3 is 5.97 Å². The van der Waals surface area contributed by atoms with E-state index in [1.165, 1.54) is 13.8 Å². The van der Waals surface area contributed by atoms with Crippen LogP contribution in [0.5, 0.6) is 0 Å². The van der Waals surface area contributed by atoms with Crippen molar-refractivity contribution in [2.75, 3.05) is 11.4 Å². The molecule has 2 unspecified atom stereocenters. The summed E-state index contributed by atoms with van der Waals surface area (Å²) in [5, 5.41) is 16.1. The number of carboxylic acids is 1. The van der Waals surface area contributed by atoms with E-state index in [9.17, 15) is 29.1 Å². The van der Waals surface area contributed by atoms with E-state index in [0.717, 1.165) is 24.0 Å². The van der Waals surface area contributed by atoms with E-state index in [0.29, 0.717) is 48.5 Å². The standard InChI is InChI=1S/C37H41ClN4O6/c1-24(43)39-21-20-37(18-6-7-19-37)36(48)40-31(35(46)47)22-27-10-16-30(17-11-27)42-33(28-12-14-29(38)15-13-28)41(25(2)44)32(34(42)45)23-26-8-4-3-5-9-26/h3-5,8-17,31-33H,6-7,18-23H2,1-2H3,(H,39,43)(H,40,48)(H,46,47)/t31?,32-,33?/m1/s1. The highest BCUT2D eigenvalue weighted by Gasteiger charge is 2.49. The maximum absolute atomic E-state index is 14.2. The fourth-order valence-electron chi connectivity index (χ4n) is 6.98. The van der Waals surface area contributed by atoms with E-state index < -0.39 is 29.6 Å². The molecule has 1 aliphatic heterocycles. The van der Waals surface area contributed by atoms with Crippen LogP contribution in [-0.2, 0) is 36.8 Å². The van der Waals surface area contributed by atoms with Crippen LogP contribution in [0.3, 0.4) is 0 Å². The molecule has 5 rings (SSSR count). The number of carbonyl (C=O) groups is 5. The number of nitrogens with one attached hydrogen (secondary N) is 2. The van der Waals surface area contributed by atoms with Crippen LogP contribution < -0.4 is 15.5 Å². The van der Waals surface area contributed by atoms with Gasteiger partial charge in [-0.25, -0.2) is 4.79 Å². The number of benzene rings is 3. The monoisotopic (exact) mass is 672 g/mol. The molecule has 4 amide bonds. The molecule has 3 aromatic carbocycles. The number of nitrogens with zero attached hydrogens (tertiary/aromatic N) is 2. The van der Waals surface area contributed by atoms with E-state index in [1.54, 1.807) is 58.3 Å². The third-order valence-electron chi connectivity index (χ3n) is 9.45. The summed E-state index contributed by atoms with van der Waals surface area (Å²) >= 11 is 6.18. The number of amides is 4. The first kappa shape index (κ1) is 34.6. The fourth-order valence-corrected chi connectivity index (χ4v) is 7.11. The molecular formula is C37H41ClN4O6. The lowest BCUT2D eigenvalue weighted by Gasteiger charge is -2.31. The van der Waals surface area contributed by atoms with Crippen LogP contribution in [0.15, 0.2) is 78.9 Å². The lowest BCUT2D eigenvalue weighted by atomic mass is 9.81. The summed E-state index contributed by atoms with van der Waals surface area (Å²) in [6.07, 6.45) is 3.11. The Kier molecular flexibility index (Phi) is 10.8. The van der Waals surface area contributed by atoms with Gasteiger partial charge in [0.1, 0.15) is 18.2 Å². The van der Waals surface area contributed by atoms with Gasteiger partial charge in [0.2, 0.25) is 17.7 Å². The lowest BCUT2D eigenvalue weighted by Crippen LogP contribution is -2.49. The molecule has 2 aliphatic rings. The van der Waals surface area contributed by atoms with Gasteiger partial charge in [-0.05, 0) is 60.2 Å². The van der Waals surface area contributed by atoms with Crippen LogP contribution in [0.1, 0.15) is 68.8 Å². The second kappa shape index (κ2) is 15.0. The number of hydrogen-bond acceptors (Lipinski definition) is 5. The third kappa shape index (κ3) is 7.71.